The highest BCUT2D eigenvalue weighted by atomic mass is 32.2. The van der Waals surface area contributed by atoms with Gasteiger partial charge in [0.1, 0.15) is 16.8 Å². The predicted molar refractivity (Wildman–Crippen MR) is 76.3 cm³/mol. The maximum atomic E-state index is 12.4. The second-order valence-corrected chi connectivity index (χ2v) is 6.42. The van der Waals surface area contributed by atoms with Gasteiger partial charge in [-0.05, 0) is 26.0 Å². The van der Waals surface area contributed by atoms with E-state index < -0.39 is 16.1 Å². The quantitative estimate of drug-likeness (QED) is 0.868. The summed E-state index contributed by atoms with van der Waals surface area (Å²) >= 11 is 0. The number of sulfonamides is 1. The number of hydrogen-bond acceptors (Lipinski definition) is 5. The summed E-state index contributed by atoms with van der Waals surface area (Å²) in [5.41, 5.74) is 1.06. The van der Waals surface area contributed by atoms with Gasteiger partial charge in [-0.2, -0.15) is 5.10 Å². The number of methoxy groups -OCH3 is 1. The number of aromatic nitrogens is 2. The van der Waals surface area contributed by atoms with Gasteiger partial charge in [-0.15, -0.1) is 0 Å². The van der Waals surface area contributed by atoms with E-state index in [2.05, 4.69) is 9.82 Å². The van der Waals surface area contributed by atoms with Crippen molar-refractivity contribution in [3.05, 3.63) is 35.5 Å². The molecule has 0 fully saturated rings. The normalized spacial score (nSPS) is 13.5. The molecule has 116 valence electrons. The molecule has 2 aromatic rings. The van der Waals surface area contributed by atoms with E-state index in [4.69, 9.17) is 9.15 Å². The van der Waals surface area contributed by atoms with Gasteiger partial charge < -0.3 is 9.15 Å². The molecule has 7 nitrogen and oxygen atoms in total. The fourth-order valence-corrected chi connectivity index (χ4v) is 3.64. The summed E-state index contributed by atoms with van der Waals surface area (Å²) < 4.78 is 39.4. The van der Waals surface area contributed by atoms with Crippen molar-refractivity contribution in [2.45, 2.75) is 24.8 Å². The molecule has 0 spiro atoms. The first-order valence-electron chi connectivity index (χ1n) is 6.43. The minimum Gasteiger partial charge on any atom is -0.467 e. The molecule has 1 atom stereocenters. The fraction of sp³-hybridized carbons (Fsp3) is 0.462. The number of nitrogens with one attached hydrogen (secondary N) is 1. The van der Waals surface area contributed by atoms with Gasteiger partial charge in [0.05, 0.1) is 17.7 Å². The van der Waals surface area contributed by atoms with Crippen LogP contribution in [0, 0.1) is 13.8 Å². The van der Waals surface area contributed by atoms with E-state index in [9.17, 15) is 8.42 Å². The van der Waals surface area contributed by atoms with Gasteiger partial charge >= 0.3 is 0 Å². The van der Waals surface area contributed by atoms with Crippen molar-refractivity contribution in [1.29, 1.82) is 0 Å². The van der Waals surface area contributed by atoms with Gasteiger partial charge in [-0.25, -0.2) is 13.1 Å². The number of nitrogens with zero attached hydrogens (tertiary/aromatic N) is 2. The van der Waals surface area contributed by atoms with Crippen LogP contribution in [0.5, 0.6) is 0 Å². The summed E-state index contributed by atoms with van der Waals surface area (Å²) in [5, 5.41) is 4.12. The summed E-state index contributed by atoms with van der Waals surface area (Å²) in [4.78, 5) is 0.208. The zero-order valence-electron chi connectivity index (χ0n) is 12.5. The molecule has 1 N–H and O–H groups in total. The Morgan fingerprint density at radius 3 is 2.67 bits per heavy atom. The molecule has 2 heterocycles. The molecule has 0 saturated carbocycles. The smallest absolute Gasteiger partial charge is 0.244 e. The molecule has 0 amide bonds. The molecule has 0 aliphatic heterocycles. The molecule has 0 aliphatic rings. The summed E-state index contributed by atoms with van der Waals surface area (Å²) in [5.74, 6) is 0.569. The number of ether oxygens (including phenoxy) is 1. The highest BCUT2D eigenvalue weighted by Gasteiger charge is 2.25. The Morgan fingerprint density at radius 1 is 1.48 bits per heavy atom. The Kier molecular flexibility index (Phi) is 4.50. The average Bonchev–Trinajstić information content (AvgIpc) is 3.00. The van der Waals surface area contributed by atoms with E-state index in [0.29, 0.717) is 17.1 Å². The molecule has 2 aromatic heterocycles. The van der Waals surface area contributed by atoms with Crippen LogP contribution in [0.4, 0.5) is 0 Å². The average molecular weight is 313 g/mol. The second-order valence-electron chi connectivity index (χ2n) is 4.72. The minimum absolute atomic E-state index is 0.0835. The first-order chi connectivity index (χ1) is 9.86. The van der Waals surface area contributed by atoms with E-state index in [-0.39, 0.29) is 11.4 Å². The van der Waals surface area contributed by atoms with Crippen molar-refractivity contribution in [3.63, 3.8) is 0 Å². The summed E-state index contributed by atoms with van der Waals surface area (Å²) in [6, 6.07) is 3.47. The van der Waals surface area contributed by atoms with Crippen molar-refractivity contribution in [2.75, 3.05) is 13.7 Å². The number of hydrogen-bond donors (Lipinski definition) is 1. The van der Waals surface area contributed by atoms with E-state index in [1.807, 2.05) is 0 Å². The van der Waals surface area contributed by atoms with Crippen LogP contribution in [0.25, 0.3) is 0 Å². The molecule has 0 bridgehead atoms. The van der Waals surface area contributed by atoms with Crippen LogP contribution in [0.2, 0.25) is 0 Å². The van der Waals surface area contributed by atoms with Crippen LogP contribution in [0.3, 0.4) is 0 Å². The lowest BCUT2D eigenvalue weighted by Crippen LogP contribution is -2.29. The molecule has 21 heavy (non-hydrogen) atoms. The highest BCUT2D eigenvalue weighted by molar-refractivity contribution is 7.89. The van der Waals surface area contributed by atoms with Gasteiger partial charge in [-0.1, -0.05) is 0 Å². The van der Waals surface area contributed by atoms with Crippen LogP contribution in [0.1, 0.15) is 23.3 Å². The van der Waals surface area contributed by atoms with Crippen molar-refractivity contribution in [3.8, 4) is 0 Å². The largest absolute Gasteiger partial charge is 0.467 e. The van der Waals surface area contributed by atoms with Crippen LogP contribution in [0.15, 0.2) is 27.7 Å². The predicted octanol–water partition coefficient (Wildman–Crippen LogP) is 1.30. The number of aryl methyl sites for hydroxylation is 2. The summed E-state index contributed by atoms with van der Waals surface area (Å²) in [6.45, 7) is 3.47. The highest BCUT2D eigenvalue weighted by Crippen LogP contribution is 2.20. The molecular formula is C13H19N3O4S. The molecule has 0 aliphatic carbocycles. The van der Waals surface area contributed by atoms with Crippen LogP contribution >= 0.6 is 0 Å². The fourth-order valence-electron chi connectivity index (χ4n) is 2.18. The number of rotatable bonds is 6. The maximum Gasteiger partial charge on any atom is 0.244 e. The maximum absolute atomic E-state index is 12.4. The van der Waals surface area contributed by atoms with Gasteiger partial charge in [0, 0.05) is 20.7 Å². The van der Waals surface area contributed by atoms with Crippen molar-refractivity contribution in [1.82, 2.24) is 14.5 Å². The van der Waals surface area contributed by atoms with Crippen LogP contribution in [-0.4, -0.2) is 31.9 Å². The van der Waals surface area contributed by atoms with Crippen molar-refractivity contribution in [2.24, 2.45) is 7.05 Å². The molecule has 2 rings (SSSR count). The zero-order chi connectivity index (χ0) is 15.6. The molecule has 0 saturated heterocycles. The third-order valence-corrected chi connectivity index (χ3v) is 4.99. The Bertz CT molecular complexity index is 704. The molecule has 0 aromatic carbocycles. The van der Waals surface area contributed by atoms with E-state index >= 15 is 0 Å². The van der Waals surface area contributed by atoms with Crippen molar-refractivity contribution >= 4 is 10.0 Å². The molecule has 0 radical (unpaired) electrons. The Balaban J connectivity index is 2.18. The van der Waals surface area contributed by atoms with Gasteiger partial charge in [-0.3, -0.25) is 4.68 Å². The minimum atomic E-state index is -3.65. The summed E-state index contributed by atoms with van der Waals surface area (Å²) in [7, 11) is -0.439. The van der Waals surface area contributed by atoms with Crippen LogP contribution < -0.4 is 4.72 Å². The lowest BCUT2D eigenvalue weighted by molar-refractivity contribution is 0.0878. The van der Waals surface area contributed by atoms with E-state index in [1.54, 1.807) is 37.7 Å². The van der Waals surface area contributed by atoms with Crippen molar-refractivity contribution < 1.29 is 17.6 Å². The van der Waals surface area contributed by atoms with Gasteiger partial charge in [0.2, 0.25) is 10.0 Å². The Hall–Kier alpha value is -1.64. The lowest BCUT2D eigenvalue weighted by Gasteiger charge is -2.14. The van der Waals surface area contributed by atoms with Crippen LogP contribution in [-0.2, 0) is 21.8 Å². The Morgan fingerprint density at radius 2 is 2.19 bits per heavy atom. The number of furan rings is 1. The molecule has 8 heteroatoms. The summed E-state index contributed by atoms with van der Waals surface area (Å²) in [6.07, 6.45) is 1.04. The first-order valence-corrected chi connectivity index (χ1v) is 7.91. The lowest BCUT2D eigenvalue weighted by atomic mass is 10.3. The SMILES string of the molecule is CO[C@@H](CNS(=O)(=O)c1c(C)nn(C)c1C)c1ccco1. The zero-order valence-corrected chi connectivity index (χ0v) is 13.3. The van der Waals surface area contributed by atoms with Gasteiger partial charge in [0.25, 0.3) is 0 Å². The topological polar surface area (TPSA) is 86.4 Å². The standard InChI is InChI=1S/C13H19N3O4S/c1-9-13(10(2)16(3)15-9)21(17,18)14-8-12(19-4)11-6-5-7-20-11/h5-7,12,14H,8H2,1-4H3/t12-/m0/s1. The van der Waals surface area contributed by atoms with E-state index in [1.165, 1.54) is 13.4 Å². The van der Waals surface area contributed by atoms with E-state index in [0.717, 1.165) is 0 Å². The molecule has 0 unspecified atom stereocenters. The first kappa shape index (κ1) is 15.7. The Labute approximate surface area is 124 Å². The monoisotopic (exact) mass is 313 g/mol. The van der Waals surface area contributed by atoms with Gasteiger partial charge in [0.15, 0.2) is 0 Å². The second kappa shape index (κ2) is 6.00. The molecular weight excluding hydrogens is 294 g/mol. The third-order valence-electron chi connectivity index (χ3n) is 3.32. The third kappa shape index (κ3) is 3.17.